The van der Waals surface area contributed by atoms with Crippen molar-refractivity contribution in [2.45, 2.75) is 24.8 Å². The van der Waals surface area contributed by atoms with E-state index in [-0.39, 0.29) is 25.0 Å². The SMILES string of the molecule is CC(NC(=O)OCC1c2ccccc2-c2ccccc21)C(=O)N1CC(C(=O)O)c2ccccc21. The van der Waals surface area contributed by atoms with Gasteiger partial charge in [-0.1, -0.05) is 66.7 Å². The number of benzene rings is 3. The van der Waals surface area contributed by atoms with E-state index >= 15 is 0 Å². The van der Waals surface area contributed by atoms with Gasteiger partial charge in [0.05, 0.1) is 0 Å². The van der Waals surface area contributed by atoms with Crippen molar-refractivity contribution in [3.63, 3.8) is 0 Å². The molecule has 5 rings (SSSR count). The molecule has 34 heavy (non-hydrogen) atoms. The van der Waals surface area contributed by atoms with Crippen molar-refractivity contribution in [3.05, 3.63) is 89.5 Å². The molecule has 0 aromatic heterocycles. The fourth-order valence-corrected chi connectivity index (χ4v) is 4.94. The van der Waals surface area contributed by atoms with Gasteiger partial charge in [0, 0.05) is 18.2 Å². The number of carboxylic acids is 1. The smallest absolute Gasteiger partial charge is 0.407 e. The first-order valence-electron chi connectivity index (χ1n) is 11.2. The van der Waals surface area contributed by atoms with Crippen molar-refractivity contribution < 1.29 is 24.2 Å². The Morgan fingerprint density at radius 1 is 0.941 bits per heavy atom. The van der Waals surface area contributed by atoms with Crippen molar-refractivity contribution in [2.24, 2.45) is 0 Å². The minimum absolute atomic E-state index is 0.0320. The third-order valence-corrected chi connectivity index (χ3v) is 6.58. The predicted molar refractivity (Wildman–Crippen MR) is 127 cm³/mol. The van der Waals surface area contributed by atoms with E-state index in [1.165, 1.54) is 4.90 Å². The van der Waals surface area contributed by atoms with E-state index in [1.54, 1.807) is 31.2 Å². The van der Waals surface area contributed by atoms with Crippen molar-refractivity contribution in [2.75, 3.05) is 18.1 Å². The lowest BCUT2D eigenvalue weighted by Gasteiger charge is -2.23. The first kappa shape index (κ1) is 21.7. The monoisotopic (exact) mass is 456 g/mol. The second kappa shape index (κ2) is 8.67. The summed E-state index contributed by atoms with van der Waals surface area (Å²) in [5.41, 5.74) is 5.63. The average Bonchev–Trinajstić information content (AvgIpc) is 3.39. The number of rotatable bonds is 5. The van der Waals surface area contributed by atoms with Crippen LogP contribution in [0.25, 0.3) is 11.1 Å². The third kappa shape index (κ3) is 3.69. The zero-order valence-electron chi connectivity index (χ0n) is 18.6. The normalized spacial score (nSPS) is 16.9. The summed E-state index contributed by atoms with van der Waals surface area (Å²) in [5.74, 6) is -2.24. The van der Waals surface area contributed by atoms with Gasteiger partial charge in [0.15, 0.2) is 0 Å². The van der Waals surface area contributed by atoms with Crippen molar-refractivity contribution >= 4 is 23.7 Å². The molecule has 2 aliphatic rings. The topological polar surface area (TPSA) is 95.9 Å². The number of carbonyl (C=O) groups is 3. The molecule has 0 saturated heterocycles. The first-order valence-corrected chi connectivity index (χ1v) is 11.2. The highest BCUT2D eigenvalue weighted by molar-refractivity contribution is 6.02. The molecule has 2 amide bonds. The minimum atomic E-state index is -0.986. The standard InChI is InChI=1S/C27H24N2O5/c1-16(25(30)29-14-22(26(31)32)21-12-6-7-13-24(21)29)28-27(33)34-15-23-19-10-4-2-8-17(19)18-9-3-5-11-20(18)23/h2-13,16,22-23H,14-15H2,1H3,(H,28,33)(H,31,32). The second-order valence-electron chi connectivity index (χ2n) is 8.59. The molecule has 2 N–H and O–H groups in total. The molecule has 3 aromatic carbocycles. The maximum Gasteiger partial charge on any atom is 0.407 e. The molecule has 172 valence electrons. The van der Waals surface area contributed by atoms with Gasteiger partial charge in [0.25, 0.3) is 0 Å². The Morgan fingerprint density at radius 2 is 1.50 bits per heavy atom. The van der Waals surface area contributed by atoms with Gasteiger partial charge >= 0.3 is 12.1 Å². The molecule has 1 aliphatic heterocycles. The minimum Gasteiger partial charge on any atom is -0.481 e. The molecule has 1 aliphatic carbocycles. The van der Waals surface area contributed by atoms with E-state index in [2.05, 4.69) is 17.4 Å². The predicted octanol–water partition coefficient (Wildman–Crippen LogP) is 4.13. The summed E-state index contributed by atoms with van der Waals surface area (Å²) in [5, 5.41) is 12.1. The first-order chi connectivity index (χ1) is 16.5. The number of hydrogen-bond acceptors (Lipinski definition) is 4. The van der Waals surface area contributed by atoms with E-state index < -0.39 is 24.0 Å². The fraction of sp³-hybridized carbons (Fsp3) is 0.222. The van der Waals surface area contributed by atoms with Crippen LogP contribution in [0.1, 0.15) is 35.4 Å². The van der Waals surface area contributed by atoms with Crippen LogP contribution in [-0.4, -0.2) is 42.3 Å². The number of hydrogen-bond donors (Lipinski definition) is 2. The molecule has 7 heteroatoms. The molecule has 3 aromatic rings. The number of nitrogens with one attached hydrogen (secondary N) is 1. The number of alkyl carbamates (subject to hydrolysis) is 1. The summed E-state index contributed by atoms with van der Waals surface area (Å²) in [6, 6.07) is 22.2. The third-order valence-electron chi connectivity index (χ3n) is 6.58. The Morgan fingerprint density at radius 3 is 2.12 bits per heavy atom. The highest BCUT2D eigenvalue weighted by atomic mass is 16.5. The highest BCUT2D eigenvalue weighted by Gasteiger charge is 2.38. The van der Waals surface area contributed by atoms with E-state index in [9.17, 15) is 19.5 Å². The van der Waals surface area contributed by atoms with E-state index in [0.29, 0.717) is 11.3 Å². The van der Waals surface area contributed by atoms with Crippen LogP contribution in [0, 0.1) is 0 Å². The van der Waals surface area contributed by atoms with E-state index in [4.69, 9.17) is 4.74 Å². The van der Waals surface area contributed by atoms with Crippen LogP contribution in [0.4, 0.5) is 10.5 Å². The molecule has 0 spiro atoms. The Bertz CT molecular complexity index is 1240. The number of carbonyl (C=O) groups excluding carboxylic acids is 2. The number of nitrogens with zero attached hydrogens (tertiary/aromatic N) is 1. The van der Waals surface area contributed by atoms with Crippen molar-refractivity contribution in [1.82, 2.24) is 5.32 Å². The summed E-state index contributed by atoms with van der Waals surface area (Å²) < 4.78 is 5.54. The van der Waals surface area contributed by atoms with Crippen LogP contribution >= 0.6 is 0 Å². The number of aliphatic carboxylic acids is 1. The van der Waals surface area contributed by atoms with Crippen LogP contribution < -0.4 is 10.2 Å². The number of fused-ring (bicyclic) bond motifs is 4. The zero-order valence-corrected chi connectivity index (χ0v) is 18.6. The lowest BCUT2D eigenvalue weighted by atomic mass is 9.98. The summed E-state index contributed by atoms with van der Waals surface area (Å²) in [6.07, 6.45) is -0.690. The molecule has 1 heterocycles. The summed E-state index contributed by atoms with van der Waals surface area (Å²) >= 11 is 0. The van der Waals surface area contributed by atoms with Gasteiger partial charge in [0.2, 0.25) is 5.91 Å². The van der Waals surface area contributed by atoms with Gasteiger partial charge in [-0.05, 0) is 40.8 Å². The van der Waals surface area contributed by atoms with Crippen LogP contribution in [0.5, 0.6) is 0 Å². The molecular weight excluding hydrogens is 432 g/mol. The summed E-state index contributed by atoms with van der Waals surface area (Å²) in [6.45, 7) is 1.75. The number of amides is 2. The van der Waals surface area contributed by atoms with Crippen LogP contribution in [0.2, 0.25) is 0 Å². The van der Waals surface area contributed by atoms with Gasteiger partial charge in [-0.25, -0.2) is 4.79 Å². The summed E-state index contributed by atoms with van der Waals surface area (Å²) in [7, 11) is 0. The van der Waals surface area contributed by atoms with Crippen LogP contribution in [0.3, 0.4) is 0 Å². The molecule has 0 bridgehead atoms. The van der Waals surface area contributed by atoms with Gasteiger partial charge in [0.1, 0.15) is 18.6 Å². The second-order valence-corrected chi connectivity index (χ2v) is 8.59. The molecule has 0 fully saturated rings. The molecule has 2 unspecified atom stereocenters. The Hall–Kier alpha value is -4.13. The summed E-state index contributed by atoms with van der Waals surface area (Å²) in [4.78, 5) is 38.7. The molecule has 2 atom stereocenters. The fourth-order valence-electron chi connectivity index (χ4n) is 4.94. The van der Waals surface area contributed by atoms with Gasteiger partial charge < -0.3 is 20.1 Å². The highest BCUT2D eigenvalue weighted by Crippen LogP contribution is 2.44. The lowest BCUT2D eigenvalue weighted by molar-refractivity contribution is -0.138. The Labute approximate surface area is 197 Å². The maximum absolute atomic E-state index is 13.1. The van der Waals surface area contributed by atoms with Gasteiger partial charge in [-0.2, -0.15) is 0 Å². The lowest BCUT2D eigenvalue weighted by Crippen LogP contribution is -2.47. The van der Waals surface area contributed by atoms with E-state index in [1.807, 2.05) is 36.4 Å². The number of ether oxygens (including phenoxy) is 1. The number of anilines is 1. The zero-order chi connectivity index (χ0) is 23.8. The molecule has 0 radical (unpaired) electrons. The van der Waals surface area contributed by atoms with Crippen molar-refractivity contribution in [1.29, 1.82) is 0 Å². The molecular formula is C27H24N2O5. The van der Waals surface area contributed by atoms with Gasteiger partial charge in [-0.15, -0.1) is 0 Å². The molecule has 7 nitrogen and oxygen atoms in total. The van der Waals surface area contributed by atoms with Gasteiger partial charge in [-0.3, -0.25) is 9.59 Å². The average molecular weight is 456 g/mol. The quantitative estimate of drug-likeness (QED) is 0.602. The van der Waals surface area contributed by atoms with Crippen LogP contribution in [0.15, 0.2) is 72.8 Å². The van der Waals surface area contributed by atoms with Crippen molar-refractivity contribution in [3.8, 4) is 11.1 Å². The Balaban J connectivity index is 1.25. The maximum atomic E-state index is 13.1. The number of para-hydroxylation sites is 1. The van der Waals surface area contributed by atoms with Crippen LogP contribution in [-0.2, 0) is 14.3 Å². The largest absolute Gasteiger partial charge is 0.481 e. The molecule has 0 saturated carbocycles. The number of carboxylic acid groups (broad SMARTS) is 1. The Kier molecular flexibility index (Phi) is 5.53. The van der Waals surface area contributed by atoms with E-state index in [0.717, 1.165) is 22.3 Å².